The van der Waals surface area contributed by atoms with Gasteiger partial charge in [0.2, 0.25) is 5.91 Å². The molecule has 1 aromatic rings. The second-order valence-electron chi connectivity index (χ2n) is 4.18. The van der Waals surface area contributed by atoms with Crippen LogP contribution in [0.3, 0.4) is 0 Å². The van der Waals surface area contributed by atoms with Crippen molar-refractivity contribution in [3.8, 4) is 0 Å². The van der Waals surface area contributed by atoms with Crippen LogP contribution in [0.15, 0.2) is 30.3 Å². The van der Waals surface area contributed by atoms with Gasteiger partial charge in [-0.3, -0.25) is 4.79 Å². The molecule has 1 unspecified atom stereocenters. The second-order valence-corrected chi connectivity index (χ2v) is 4.18. The maximum absolute atomic E-state index is 11.5. The Labute approximate surface area is 102 Å². The third-order valence-corrected chi connectivity index (χ3v) is 2.42. The highest BCUT2D eigenvalue weighted by Crippen LogP contribution is 1.96. The lowest BCUT2D eigenvalue weighted by molar-refractivity contribution is -0.120. The first-order valence-electron chi connectivity index (χ1n) is 5.84. The fraction of sp³-hybridized carbons (Fsp3) is 0.462. The Hall–Kier alpha value is -1.39. The molecule has 4 heteroatoms. The molecule has 1 rings (SSSR count). The summed E-state index contributed by atoms with van der Waals surface area (Å²) in [5.74, 6) is 0.149. The van der Waals surface area contributed by atoms with Gasteiger partial charge in [-0.1, -0.05) is 37.3 Å². The standard InChI is InChI=1S/C13H20N2O2/c1-11(10-16)7-14-9-13(17)15-8-12-5-3-2-4-6-12/h2-6,11,14,16H,7-10H2,1H3,(H,15,17). The minimum atomic E-state index is -0.0287. The summed E-state index contributed by atoms with van der Waals surface area (Å²) in [7, 11) is 0. The summed E-state index contributed by atoms with van der Waals surface area (Å²) < 4.78 is 0. The van der Waals surface area contributed by atoms with Crippen LogP contribution in [0.1, 0.15) is 12.5 Å². The number of hydrogen-bond acceptors (Lipinski definition) is 3. The van der Waals surface area contributed by atoms with E-state index in [1.54, 1.807) is 0 Å². The molecule has 0 saturated carbocycles. The van der Waals surface area contributed by atoms with Gasteiger partial charge in [0.15, 0.2) is 0 Å². The minimum absolute atomic E-state index is 0.0287. The van der Waals surface area contributed by atoms with Gasteiger partial charge in [0.1, 0.15) is 0 Å². The Morgan fingerprint density at radius 1 is 1.35 bits per heavy atom. The third-order valence-electron chi connectivity index (χ3n) is 2.42. The summed E-state index contributed by atoms with van der Waals surface area (Å²) >= 11 is 0. The van der Waals surface area contributed by atoms with Gasteiger partial charge in [0.05, 0.1) is 6.54 Å². The molecule has 1 amide bonds. The van der Waals surface area contributed by atoms with Gasteiger partial charge in [0, 0.05) is 19.7 Å². The first kappa shape index (κ1) is 13.7. The number of amides is 1. The Morgan fingerprint density at radius 2 is 2.06 bits per heavy atom. The average Bonchev–Trinajstić information content (AvgIpc) is 2.37. The van der Waals surface area contributed by atoms with Crippen molar-refractivity contribution in [2.24, 2.45) is 5.92 Å². The molecule has 0 aliphatic carbocycles. The summed E-state index contributed by atoms with van der Waals surface area (Å²) in [4.78, 5) is 11.5. The van der Waals surface area contributed by atoms with Crippen LogP contribution in [0.2, 0.25) is 0 Å². The SMILES string of the molecule is CC(CO)CNCC(=O)NCc1ccccc1. The molecular weight excluding hydrogens is 216 g/mol. The van der Waals surface area contributed by atoms with Gasteiger partial charge < -0.3 is 15.7 Å². The number of aliphatic hydroxyl groups is 1. The molecule has 0 saturated heterocycles. The van der Waals surface area contributed by atoms with Crippen LogP contribution in [0, 0.1) is 5.92 Å². The number of rotatable bonds is 7. The van der Waals surface area contributed by atoms with E-state index in [0.717, 1.165) is 5.56 Å². The van der Waals surface area contributed by atoms with E-state index in [9.17, 15) is 4.79 Å². The number of hydrogen-bond donors (Lipinski definition) is 3. The molecule has 0 heterocycles. The Kier molecular flexibility index (Phi) is 6.29. The maximum Gasteiger partial charge on any atom is 0.234 e. The lowest BCUT2D eigenvalue weighted by atomic mass is 10.2. The first-order valence-corrected chi connectivity index (χ1v) is 5.84. The van der Waals surface area contributed by atoms with Crippen molar-refractivity contribution in [3.63, 3.8) is 0 Å². The molecule has 0 aliphatic heterocycles. The van der Waals surface area contributed by atoms with E-state index in [0.29, 0.717) is 13.1 Å². The number of carbonyl (C=O) groups excluding carboxylic acids is 1. The maximum atomic E-state index is 11.5. The van der Waals surface area contributed by atoms with E-state index in [1.165, 1.54) is 0 Å². The second kappa shape index (κ2) is 7.81. The fourth-order valence-electron chi connectivity index (χ4n) is 1.36. The number of benzene rings is 1. The summed E-state index contributed by atoms with van der Waals surface area (Å²) in [6, 6.07) is 9.79. The van der Waals surface area contributed by atoms with Crippen molar-refractivity contribution in [2.75, 3.05) is 19.7 Å². The Morgan fingerprint density at radius 3 is 2.71 bits per heavy atom. The van der Waals surface area contributed by atoms with Gasteiger partial charge in [-0.15, -0.1) is 0 Å². The molecule has 1 atom stereocenters. The van der Waals surface area contributed by atoms with Crippen LogP contribution in [0.4, 0.5) is 0 Å². The monoisotopic (exact) mass is 236 g/mol. The molecule has 0 fully saturated rings. The van der Waals surface area contributed by atoms with Gasteiger partial charge in [0.25, 0.3) is 0 Å². The summed E-state index contributed by atoms with van der Waals surface area (Å²) in [5, 5.41) is 14.6. The van der Waals surface area contributed by atoms with Crippen LogP contribution >= 0.6 is 0 Å². The van der Waals surface area contributed by atoms with E-state index in [-0.39, 0.29) is 25.0 Å². The summed E-state index contributed by atoms with van der Waals surface area (Å²) in [6.45, 7) is 3.55. The molecule has 17 heavy (non-hydrogen) atoms. The van der Waals surface area contributed by atoms with Crippen molar-refractivity contribution >= 4 is 5.91 Å². The largest absolute Gasteiger partial charge is 0.396 e. The molecule has 4 nitrogen and oxygen atoms in total. The topological polar surface area (TPSA) is 61.4 Å². The molecule has 94 valence electrons. The van der Waals surface area contributed by atoms with Gasteiger partial charge >= 0.3 is 0 Å². The summed E-state index contributed by atoms with van der Waals surface area (Å²) in [6.07, 6.45) is 0. The van der Waals surface area contributed by atoms with E-state index in [1.807, 2.05) is 37.3 Å². The van der Waals surface area contributed by atoms with Crippen molar-refractivity contribution in [1.29, 1.82) is 0 Å². The van der Waals surface area contributed by atoms with Crippen LogP contribution < -0.4 is 10.6 Å². The van der Waals surface area contributed by atoms with Gasteiger partial charge in [-0.25, -0.2) is 0 Å². The lowest BCUT2D eigenvalue weighted by Crippen LogP contribution is -2.35. The zero-order valence-electron chi connectivity index (χ0n) is 10.1. The molecule has 3 N–H and O–H groups in total. The smallest absolute Gasteiger partial charge is 0.234 e. The van der Waals surface area contributed by atoms with Crippen molar-refractivity contribution in [3.05, 3.63) is 35.9 Å². The van der Waals surface area contributed by atoms with E-state index in [4.69, 9.17) is 5.11 Å². The lowest BCUT2D eigenvalue weighted by Gasteiger charge is -2.09. The van der Waals surface area contributed by atoms with Gasteiger partial charge in [-0.2, -0.15) is 0 Å². The van der Waals surface area contributed by atoms with Crippen LogP contribution in [0.5, 0.6) is 0 Å². The summed E-state index contributed by atoms with van der Waals surface area (Å²) in [5.41, 5.74) is 1.09. The highest BCUT2D eigenvalue weighted by molar-refractivity contribution is 5.77. The quantitative estimate of drug-likeness (QED) is 0.647. The number of nitrogens with one attached hydrogen (secondary N) is 2. The third kappa shape index (κ3) is 6.04. The van der Waals surface area contributed by atoms with Gasteiger partial charge in [-0.05, 0) is 11.5 Å². The van der Waals surface area contributed by atoms with E-state index >= 15 is 0 Å². The highest BCUT2D eigenvalue weighted by atomic mass is 16.3. The minimum Gasteiger partial charge on any atom is -0.396 e. The Bertz CT molecular complexity index is 327. The van der Waals surface area contributed by atoms with Crippen LogP contribution in [-0.4, -0.2) is 30.7 Å². The molecule has 0 spiro atoms. The number of aliphatic hydroxyl groups excluding tert-OH is 1. The van der Waals surface area contributed by atoms with Crippen molar-refractivity contribution in [1.82, 2.24) is 10.6 Å². The van der Waals surface area contributed by atoms with Crippen molar-refractivity contribution in [2.45, 2.75) is 13.5 Å². The zero-order chi connectivity index (χ0) is 12.5. The molecule has 0 aliphatic rings. The first-order chi connectivity index (χ1) is 8.22. The molecule has 0 aromatic heterocycles. The predicted molar refractivity (Wildman–Crippen MR) is 67.4 cm³/mol. The fourth-order valence-corrected chi connectivity index (χ4v) is 1.36. The average molecular weight is 236 g/mol. The molecule has 0 bridgehead atoms. The Balaban J connectivity index is 2.13. The molecule has 0 radical (unpaired) electrons. The highest BCUT2D eigenvalue weighted by Gasteiger charge is 2.03. The number of carbonyl (C=O) groups is 1. The zero-order valence-corrected chi connectivity index (χ0v) is 10.1. The molecule has 1 aromatic carbocycles. The van der Waals surface area contributed by atoms with E-state index in [2.05, 4.69) is 10.6 Å². The molecular formula is C13H20N2O2. The van der Waals surface area contributed by atoms with E-state index < -0.39 is 0 Å². The predicted octanol–water partition coefficient (Wildman–Crippen LogP) is 0.521. The van der Waals surface area contributed by atoms with Crippen LogP contribution in [0.25, 0.3) is 0 Å². The van der Waals surface area contributed by atoms with Crippen molar-refractivity contribution < 1.29 is 9.90 Å². The normalized spacial score (nSPS) is 12.1. The van der Waals surface area contributed by atoms with Crippen LogP contribution in [-0.2, 0) is 11.3 Å².